The van der Waals surface area contributed by atoms with Crippen LogP contribution in [-0.4, -0.2) is 42.8 Å². The van der Waals surface area contributed by atoms with Crippen LogP contribution in [0.15, 0.2) is 72.8 Å². The summed E-state index contributed by atoms with van der Waals surface area (Å²) in [5, 5.41) is 12.3. The molecule has 5 nitrogen and oxygen atoms in total. The maximum atomic E-state index is 12.3. The van der Waals surface area contributed by atoms with Gasteiger partial charge in [0.25, 0.3) is 11.6 Å². The number of ether oxygens (including phenoxy) is 2. The molecule has 1 unspecified atom stereocenters. The molecule has 1 atom stereocenters. The highest BCUT2D eigenvalue weighted by Crippen LogP contribution is 2.43. The molecule has 0 amide bonds. The Labute approximate surface area is 195 Å². The summed E-state index contributed by atoms with van der Waals surface area (Å²) >= 11 is 0. The van der Waals surface area contributed by atoms with E-state index in [0.29, 0.717) is 12.3 Å². The molecule has 1 N–H and O–H groups in total. The Hall–Kier alpha value is -3.31. The molecular weight excluding hydrogens is 412 g/mol. The van der Waals surface area contributed by atoms with E-state index < -0.39 is 5.72 Å². The van der Waals surface area contributed by atoms with Crippen molar-refractivity contribution in [3.8, 4) is 22.6 Å². The number of nitrogens with zero attached hydrogens (tertiary/aromatic N) is 2. The molecule has 3 aromatic carbocycles. The van der Waals surface area contributed by atoms with Gasteiger partial charge < -0.3 is 14.6 Å². The highest BCUT2D eigenvalue weighted by atomic mass is 16.5. The highest BCUT2D eigenvalue weighted by molar-refractivity contribution is 5.98. The molecule has 2 heterocycles. The van der Waals surface area contributed by atoms with Gasteiger partial charge in [-0.25, -0.2) is 0 Å². The summed E-state index contributed by atoms with van der Waals surface area (Å²) in [6.07, 6.45) is 4.39. The monoisotopic (exact) mass is 443 g/mol. The summed E-state index contributed by atoms with van der Waals surface area (Å²) in [6, 6.07) is 24.4. The lowest BCUT2D eigenvalue weighted by molar-refractivity contribution is -0.534. The summed E-state index contributed by atoms with van der Waals surface area (Å²) in [5.41, 5.74) is 2.84. The van der Waals surface area contributed by atoms with Crippen LogP contribution in [0.25, 0.3) is 11.1 Å². The average Bonchev–Trinajstić information content (AvgIpc) is 2.99. The second-order valence-corrected chi connectivity index (χ2v) is 8.78. The molecule has 170 valence electrons. The number of aliphatic hydroxyl groups is 1. The number of benzene rings is 3. The third-order valence-corrected chi connectivity index (χ3v) is 6.81. The lowest BCUT2D eigenvalue weighted by Gasteiger charge is -2.30. The van der Waals surface area contributed by atoms with E-state index in [4.69, 9.17) is 9.47 Å². The molecule has 0 saturated carbocycles. The fourth-order valence-electron chi connectivity index (χ4n) is 5.11. The van der Waals surface area contributed by atoms with Crippen molar-refractivity contribution in [2.75, 3.05) is 32.2 Å². The highest BCUT2D eigenvalue weighted by Gasteiger charge is 2.54. The predicted molar refractivity (Wildman–Crippen MR) is 131 cm³/mol. The van der Waals surface area contributed by atoms with Crippen LogP contribution in [-0.2, 0) is 5.72 Å². The van der Waals surface area contributed by atoms with Crippen LogP contribution in [0.4, 0.5) is 5.69 Å². The van der Waals surface area contributed by atoms with Crippen LogP contribution in [0.2, 0.25) is 0 Å². The minimum atomic E-state index is -1.19. The summed E-state index contributed by atoms with van der Waals surface area (Å²) < 4.78 is 13.5. The lowest BCUT2D eigenvalue weighted by Crippen LogP contribution is -2.47. The predicted octanol–water partition coefficient (Wildman–Crippen LogP) is 5.02. The number of rotatable bonds is 5. The van der Waals surface area contributed by atoms with E-state index in [1.54, 1.807) is 14.2 Å². The van der Waals surface area contributed by atoms with Crippen LogP contribution in [0.5, 0.6) is 11.5 Å². The van der Waals surface area contributed by atoms with Gasteiger partial charge in [-0.15, -0.1) is 0 Å². The van der Waals surface area contributed by atoms with Gasteiger partial charge in [0.2, 0.25) is 0 Å². The number of hydrogen-bond acceptors (Lipinski definition) is 4. The van der Waals surface area contributed by atoms with Gasteiger partial charge in [0, 0.05) is 18.1 Å². The van der Waals surface area contributed by atoms with Crippen LogP contribution in [0.3, 0.4) is 0 Å². The summed E-state index contributed by atoms with van der Waals surface area (Å²) in [4.78, 5) is 2.09. The van der Waals surface area contributed by atoms with Crippen molar-refractivity contribution >= 4 is 11.5 Å². The number of anilines is 1. The molecule has 0 spiro atoms. The Balaban J connectivity index is 1.60. The van der Waals surface area contributed by atoms with Crippen LogP contribution >= 0.6 is 0 Å². The van der Waals surface area contributed by atoms with E-state index in [9.17, 15) is 5.11 Å². The number of hydrogen-bond donors (Lipinski definition) is 1. The van der Waals surface area contributed by atoms with Crippen LogP contribution in [0.1, 0.15) is 31.2 Å². The second kappa shape index (κ2) is 8.91. The van der Waals surface area contributed by atoms with Gasteiger partial charge in [-0.1, -0.05) is 54.6 Å². The molecule has 0 aliphatic carbocycles. The summed E-state index contributed by atoms with van der Waals surface area (Å²) in [7, 11) is 3.31. The van der Waals surface area contributed by atoms with E-state index in [-0.39, 0.29) is 0 Å². The molecule has 2 aliphatic heterocycles. The maximum absolute atomic E-state index is 12.3. The van der Waals surface area contributed by atoms with Crippen molar-refractivity contribution in [2.45, 2.75) is 31.4 Å². The molecule has 0 aromatic heterocycles. The minimum Gasteiger partial charge on any atom is -0.497 e. The van der Waals surface area contributed by atoms with Crippen molar-refractivity contribution in [1.29, 1.82) is 0 Å². The van der Waals surface area contributed by atoms with Crippen LogP contribution < -0.4 is 14.4 Å². The molecule has 5 rings (SSSR count). The van der Waals surface area contributed by atoms with E-state index in [1.165, 1.54) is 12.0 Å². The normalized spacial score (nSPS) is 20.4. The SMILES string of the molecule is COc1ccc(N2C3=[N+](CCCCC3)CC2(O)c2ccc(-c3ccccc3)cc2)c(OC)c1. The van der Waals surface area contributed by atoms with E-state index in [0.717, 1.165) is 54.2 Å². The van der Waals surface area contributed by atoms with Gasteiger partial charge in [0.05, 0.1) is 20.8 Å². The first-order chi connectivity index (χ1) is 16.1. The van der Waals surface area contributed by atoms with Gasteiger partial charge in [-0.2, -0.15) is 4.90 Å². The first kappa shape index (κ1) is 21.5. The third-order valence-electron chi connectivity index (χ3n) is 6.81. The first-order valence-corrected chi connectivity index (χ1v) is 11.7. The molecule has 0 saturated heterocycles. The fourth-order valence-corrected chi connectivity index (χ4v) is 5.11. The molecular formula is C28H31N2O3+. The Morgan fingerprint density at radius 1 is 0.848 bits per heavy atom. The standard InChI is InChI=1S/C28H31N2O3/c1-32-24-16-17-25(26(19-24)33-2)30-27-11-7-4-8-18-29(27)20-28(30,31)23-14-12-22(13-15-23)21-9-5-3-6-10-21/h3,5-6,9-10,12-17,19,31H,4,7-8,11,18,20H2,1-2H3/q+1. The van der Waals surface area contributed by atoms with Gasteiger partial charge in [-0.3, -0.25) is 4.58 Å². The molecule has 5 heteroatoms. The van der Waals surface area contributed by atoms with Gasteiger partial charge in [-0.05, 0) is 42.5 Å². The molecule has 0 fully saturated rings. The zero-order chi connectivity index (χ0) is 22.8. The Morgan fingerprint density at radius 3 is 2.33 bits per heavy atom. The third kappa shape index (κ3) is 3.87. The molecule has 2 aliphatic rings. The van der Waals surface area contributed by atoms with Gasteiger partial charge in [0.1, 0.15) is 5.75 Å². The largest absolute Gasteiger partial charge is 0.497 e. The fraction of sp³-hybridized carbons (Fsp3) is 0.321. The smallest absolute Gasteiger partial charge is 0.275 e. The van der Waals surface area contributed by atoms with Gasteiger partial charge in [0.15, 0.2) is 18.0 Å². The number of amidine groups is 1. The molecule has 0 radical (unpaired) electrons. The van der Waals surface area contributed by atoms with Crippen molar-refractivity contribution in [1.82, 2.24) is 0 Å². The Bertz CT molecular complexity index is 1160. The topological polar surface area (TPSA) is 44.9 Å². The maximum Gasteiger partial charge on any atom is 0.275 e. The van der Waals surface area contributed by atoms with E-state index in [2.05, 4.69) is 45.9 Å². The Kier molecular flexibility index (Phi) is 5.81. The minimum absolute atomic E-state index is 0.530. The van der Waals surface area contributed by atoms with E-state index in [1.807, 2.05) is 36.4 Å². The molecule has 33 heavy (non-hydrogen) atoms. The van der Waals surface area contributed by atoms with Crippen molar-refractivity contribution in [2.24, 2.45) is 0 Å². The quantitative estimate of drug-likeness (QED) is 0.563. The lowest BCUT2D eigenvalue weighted by atomic mass is 9.96. The first-order valence-electron chi connectivity index (χ1n) is 11.7. The summed E-state index contributed by atoms with van der Waals surface area (Å²) in [6.45, 7) is 1.48. The second-order valence-electron chi connectivity index (χ2n) is 8.78. The summed E-state index contributed by atoms with van der Waals surface area (Å²) in [5.74, 6) is 2.58. The Morgan fingerprint density at radius 2 is 1.61 bits per heavy atom. The van der Waals surface area contributed by atoms with Crippen molar-refractivity contribution < 1.29 is 19.2 Å². The van der Waals surface area contributed by atoms with Crippen molar-refractivity contribution in [3.63, 3.8) is 0 Å². The number of methoxy groups -OCH3 is 2. The zero-order valence-electron chi connectivity index (χ0n) is 19.3. The zero-order valence-corrected chi connectivity index (χ0v) is 19.3. The van der Waals surface area contributed by atoms with Crippen LogP contribution in [0, 0.1) is 0 Å². The average molecular weight is 444 g/mol. The van der Waals surface area contributed by atoms with E-state index >= 15 is 0 Å². The van der Waals surface area contributed by atoms with Gasteiger partial charge >= 0.3 is 0 Å². The molecule has 0 bridgehead atoms. The van der Waals surface area contributed by atoms with Crippen molar-refractivity contribution in [3.05, 3.63) is 78.4 Å². The molecule has 3 aromatic rings.